The van der Waals surface area contributed by atoms with E-state index < -0.39 is 41.7 Å². The second kappa shape index (κ2) is 7.32. The number of amides is 4. The lowest BCUT2D eigenvalue weighted by Crippen LogP contribution is -2.61. The molecule has 6 nitrogen and oxygen atoms in total. The Morgan fingerprint density at radius 2 is 1.59 bits per heavy atom. The molecule has 3 rings (SSSR count). The van der Waals surface area contributed by atoms with Crippen LogP contribution in [0.5, 0.6) is 0 Å². The van der Waals surface area contributed by atoms with Gasteiger partial charge in [0.05, 0.1) is 0 Å². The van der Waals surface area contributed by atoms with E-state index in [1.54, 1.807) is 12.1 Å². The first-order chi connectivity index (χ1) is 12.8. The molecule has 1 aliphatic heterocycles. The minimum absolute atomic E-state index is 0.112. The van der Waals surface area contributed by atoms with Crippen LogP contribution < -0.4 is 4.90 Å². The van der Waals surface area contributed by atoms with Crippen LogP contribution in [-0.2, 0) is 4.79 Å². The maximum absolute atomic E-state index is 14.0. The molecular weight excluding hydrogens is 380 g/mol. The largest absolute Gasteiger partial charge is 0.334 e. The third-order valence-corrected chi connectivity index (χ3v) is 4.34. The number of anilines is 1. The van der Waals surface area contributed by atoms with E-state index in [1.807, 2.05) is 0 Å². The van der Waals surface area contributed by atoms with Crippen molar-refractivity contribution in [3.8, 4) is 0 Å². The molecule has 4 amide bonds. The second-order valence-corrected chi connectivity index (χ2v) is 6.29. The highest BCUT2D eigenvalue weighted by atomic mass is 35.5. The lowest BCUT2D eigenvalue weighted by Gasteiger charge is -2.40. The summed E-state index contributed by atoms with van der Waals surface area (Å²) in [6.07, 6.45) is 0. The van der Waals surface area contributed by atoms with Crippen molar-refractivity contribution in [1.29, 1.82) is 0 Å². The first-order valence-corrected chi connectivity index (χ1v) is 8.26. The summed E-state index contributed by atoms with van der Waals surface area (Å²) in [6, 6.07) is 8.31. The Morgan fingerprint density at radius 1 is 1.00 bits per heavy atom. The third kappa shape index (κ3) is 3.61. The van der Waals surface area contributed by atoms with Crippen LogP contribution in [0, 0.1) is 11.6 Å². The van der Waals surface area contributed by atoms with Crippen molar-refractivity contribution in [3.63, 3.8) is 0 Å². The lowest BCUT2D eigenvalue weighted by atomic mass is 10.1. The van der Waals surface area contributed by atoms with Crippen LogP contribution in [0.3, 0.4) is 0 Å². The normalized spacial score (nSPS) is 14.5. The van der Waals surface area contributed by atoms with Gasteiger partial charge in [-0.2, -0.15) is 0 Å². The zero-order valence-corrected chi connectivity index (χ0v) is 14.9. The molecule has 2 aromatic carbocycles. The van der Waals surface area contributed by atoms with Crippen LogP contribution in [0.4, 0.5) is 19.3 Å². The van der Waals surface area contributed by atoms with Crippen LogP contribution in [0.25, 0.3) is 0 Å². The summed E-state index contributed by atoms with van der Waals surface area (Å²) >= 11 is 5.84. The fourth-order valence-electron chi connectivity index (χ4n) is 2.65. The molecule has 0 N–H and O–H groups in total. The van der Waals surface area contributed by atoms with Gasteiger partial charge < -0.3 is 4.90 Å². The number of hydrogen-bond acceptors (Lipinski definition) is 3. The molecular formula is C18H14ClF2N3O3. The summed E-state index contributed by atoms with van der Waals surface area (Å²) in [5, 5.41) is 0.438. The van der Waals surface area contributed by atoms with E-state index >= 15 is 0 Å². The first kappa shape index (κ1) is 18.8. The SMILES string of the molecule is CC(=O)N1CN(C(=O)c2c(F)cccc2F)C(=O)N(c2ccc(Cl)cc2)C1. The molecule has 1 heterocycles. The first-order valence-electron chi connectivity index (χ1n) is 7.88. The molecule has 0 atom stereocenters. The highest BCUT2D eigenvalue weighted by Crippen LogP contribution is 2.25. The molecule has 1 fully saturated rings. The summed E-state index contributed by atoms with van der Waals surface area (Å²) < 4.78 is 28.0. The molecule has 0 spiro atoms. The van der Waals surface area contributed by atoms with Crippen LogP contribution in [0.15, 0.2) is 42.5 Å². The molecule has 140 valence electrons. The number of hydrogen-bond donors (Lipinski definition) is 0. The molecule has 1 aliphatic rings. The zero-order chi connectivity index (χ0) is 19.7. The van der Waals surface area contributed by atoms with Crippen molar-refractivity contribution in [2.24, 2.45) is 0 Å². The van der Waals surface area contributed by atoms with Gasteiger partial charge in [0.25, 0.3) is 5.91 Å². The summed E-state index contributed by atoms with van der Waals surface area (Å²) in [5.41, 5.74) is -0.477. The van der Waals surface area contributed by atoms with Gasteiger partial charge >= 0.3 is 6.03 Å². The average molecular weight is 394 g/mol. The summed E-state index contributed by atoms with van der Waals surface area (Å²) in [5.74, 6) is -3.76. The predicted molar refractivity (Wildman–Crippen MR) is 94.1 cm³/mol. The minimum atomic E-state index is -1.17. The van der Waals surface area contributed by atoms with E-state index in [-0.39, 0.29) is 6.67 Å². The van der Waals surface area contributed by atoms with E-state index in [0.29, 0.717) is 15.6 Å². The molecule has 0 aromatic heterocycles. The number of halogens is 3. The Kier molecular flexibility index (Phi) is 5.09. The molecule has 0 bridgehead atoms. The van der Waals surface area contributed by atoms with Gasteiger partial charge in [0.1, 0.15) is 30.5 Å². The van der Waals surface area contributed by atoms with Crippen molar-refractivity contribution in [1.82, 2.24) is 9.80 Å². The Balaban J connectivity index is 2.00. The molecule has 0 radical (unpaired) electrons. The van der Waals surface area contributed by atoms with Gasteiger partial charge in [-0.15, -0.1) is 0 Å². The quantitative estimate of drug-likeness (QED) is 0.785. The fourth-order valence-corrected chi connectivity index (χ4v) is 2.78. The topological polar surface area (TPSA) is 60.9 Å². The Labute approximate surface area is 158 Å². The van der Waals surface area contributed by atoms with Crippen molar-refractivity contribution in [2.75, 3.05) is 18.2 Å². The fraction of sp³-hybridized carbons (Fsp3) is 0.167. The number of urea groups is 1. The number of carbonyl (C=O) groups is 3. The van der Waals surface area contributed by atoms with Crippen LogP contribution in [-0.4, -0.2) is 41.0 Å². The third-order valence-electron chi connectivity index (χ3n) is 4.09. The standard InChI is InChI=1S/C18H14ClF2N3O3/c1-11(25)22-9-23(13-7-5-12(19)6-8-13)18(27)24(10-22)17(26)16-14(20)3-2-4-15(16)21/h2-8H,9-10H2,1H3. The minimum Gasteiger partial charge on any atom is -0.306 e. The summed E-state index contributed by atoms with van der Waals surface area (Å²) in [6.45, 7) is 0.742. The maximum Gasteiger partial charge on any atom is 0.334 e. The molecule has 0 aliphatic carbocycles. The van der Waals surface area contributed by atoms with Crippen LogP contribution >= 0.6 is 11.6 Å². The van der Waals surface area contributed by atoms with Crippen molar-refractivity contribution in [2.45, 2.75) is 6.92 Å². The van der Waals surface area contributed by atoms with E-state index in [1.165, 1.54) is 24.0 Å². The smallest absolute Gasteiger partial charge is 0.306 e. The zero-order valence-electron chi connectivity index (χ0n) is 14.2. The summed E-state index contributed by atoms with van der Waals surface area (Å²) in [4.78, 5) is 40.4. The van der Waals surface area contributed by atoms with Gasteiger partial charge in [0, 0.05) is 17.6 Å². The monoisotopic (exact) mass is 393 g/mol. The Hall–Kier alpha value is -3.00. The van der Waals surface area contributed by atoms with E-state index in [0.717, 1.165) is 23.1 Å². The molecule has 0 unspecified atom stereocenters. The Morgan fingerprint density at radius 3 is 2.15 bits per heavy atom. The highest BCUT2D eigenvalue weighted by Gasteiger charge is 2.38. The van der Waals surface area contributed by atoms with Crippen LogP contribution in [0.1, 0.15) is 17.3 Å². The lowest BCUT2D eigenvalue weighted by molar-refractivity contribution is -0.130. The predicted octanol–water partition coefficient (Wildman–Crippen LogP) is 3.46. The van der Waals surface area contributed by atoms with Gasteiger partial charge in [-0.3, -0.25) is 14.5 Å². The van der Waals surface area contributed by atoms with Gasteiger partial charge in [0.2, 0.25) is 5.91 Å². The number of nitrogens with zero attached hydrogens (tertiary/aromatic N) is 3. The van der Waals surface area contributed by atoms with Gasteiger partial charge in [-0.05, 0) is 36.4 Å². The molecule has 0 saturated carbocycles. The molecule has 27 heavy (non-hydrogen) atoms. The van der Waals surface area contributed by atoms with Crippen molar-refractivity contribution in [3.05, 3.63) is 64.7 Å². The van der Waals surface area contributed by atoms with Gasteiger partial charge in [-0.1, -0.05) is 17.7 Å². The highest BCUT2D eigenvalue weighted by molar-refractivity contribution is 6.30. The molecule has 1 saturated heterocycles. The van der Waals surface area contributed by atoms with E-state index in [9.17, 15) is 23.2 Å². The maximum atomic E-state index is 14.0. The van der Waals surface area contributed by atoms with Gasteiger partial charge in [-0.25, -0.2) is 18.5 Å². The molecule has 2 aromatic rings. The van der Waals surface area contributed by atoms with Crippen molar-refractivity contribution >= 4 is 35.1 Å². The number of imide groups is 1. The van der Waals surface area contributed by atoms with Gasteiger partial charge in [0.15, 0.2) is 0 Å². The second-order valence-electron chi connectivity index (χ2n) is 5.86. The average Bonchev–Trinajstić information content (AvgIpc) is 2.62. The number of carbonyl (C=O) groups excluding carboxylic acids is 3. The van der Waals surface area contributed by atoms with E-state index in [4.69, 9.17) is 11.6 Å². The van der Waals surface area contributed by atoms with Crippen LogP contribution in [0.2, 0.25) is 5.02 Å². The number of benzene rings is 2. The molecule has 9 heteroatoms. The summed E-state index contributed by atoms with van der Waals surface area (Å²) in [7, 11) is 0. The number of rotatable bonds is 2. The van der Waals surface area contributed by atoms with Crippen molar-refractivity contribution < 1.29 is 23.2 Å². The van der Waals surface area contributed by atoms with E-state index in [2.05, 4.69) is 0 Å². The Bertz CT molecular complexity index is 900.